The van der Waals surface area contributed by atoms with E-state index in [2.05, 4.69) is 19.2 Å². The lowest BCUT2D eigenvalue weighted by atomic mass is 9.82. The average molecular weight is 257 g/mol. The normalized spacial score (nSPS) is 29.9. The molecule has 1 aliphatic rings. The first-order valence-electron chi connectivity index (χ1n) is 6.93. The number of methoxy groups -OCH3 is 1. The summed E-state index contributed by atoms with van der Waals surface area (Å²) in [6.07, 6.45) is 4.63. The highest BCUT2D eigenvalue weighted by atomic mass is 16.5. The lowest BCUT2D eigenvalue weighted by Crippen LogP contribution is -2.36. The van der Waals surface area contributed by atoms with Gasteiger partial charge in [-0.1, -0.05) is 13.8 Å². The van der Waals surface area contributed by atoms with Crippen LogP contribution < -0.4 is 5.32 Å². The van der Waals surface area contributed by atoms with E-state index in [1.807, 2.05) is 0 Å². The fraction of sp³-hybridized carbons (Fsp3) is 0.929. The van der Waals surface area contributed by atoms with E-state index in [9.17, 15) is 4.79 Å². The van der Waals surface area contributed by atoms with E-state index >= 15 is 0 Å². The molecule has 18 heavy (non-hydrogen) atoms. The Bertz CT molecular complexity index is 247. The summed E-state index contributed by atoms with van der Waals surface area (Å²) in [6, 6.07) is -0.256. The minimum Gasteiger partial charge on any atom is -0.468 e. The topological polar surface area (TPSA) is 47.6 Å². The molecule has 106 valence electrons. The van der Waals surface area contributed by atoms with Crippen LogP contribution in [0.2, 0.25) is 0 Å². The van der Waals surface area contributed by atoms with Crippen molar-refractivity contribution in [1.29, 1.82) is 0 Å². The van der Waals surface area contributed by atoms with Crippen molar-refractivity contribution in [2.45, 2.75) is 51.7 Å². The fourth-order valence-corrected chi connectivity index (χ4v) is 2.88. The van der Waals surface area contributed by atoms with Crippen LogP contribution in [0.15, 0.2) is 0 Å². The van der Waals surface area contributed by atoms with Gasteiger partial charge < -0.3 is 14.8 Å². The minimum absolute atomic E-state index is 0.216. The van der Waals surface area contributed by atoms with Gasteiger partial charge in [0, 0.05) is 6.61 Å². The number of nitrogens with one attached hydrogen (secondary N) is 1. The average Bonchev–Trinajstić information content (AvgIpc) is 2.32. The Morgan fingerprint density at radius 2 is 1.89 bits per heavy atom. The number of rotatable bonds is 6. The van der Waals surface area contributed by atoms with E-state index < -0.39 is 0 Å². The Morgan fingerprint density at radius 1 is 1.28 bits per heavy atom. The maximum absolute atomic E-state index is 11.4. The van der Waals surface area contributed by atoms with Gasteiger partial charge in [0.25, 0.3) is 0 Å². The van der Waals surface area contributed by atoms with Gasteiger partial charge in [-0.15, -0.1) is 0 Å². The zero-order chi connectivity index (χ0) is 13.5. The number of hydrogen-bond donors (Lipinski definition) is 1. The van der Waals surface area contributed by atoms with E-state index in [-0.39, 0.29) is 12.0 Å². The predicted molar refractivity (Wildman–Crippen MR) is 71.4 cm³/mol. The van der Waals surface area contributed by atoms with Crippen molar-refractivity contribution in [1.82, 2.24) is 5.32 Å². The molecule has 1 aliphatic carbocycles. The summed E-state index contributed by atoms with van der Waals surface area (Å²) < 4.78 is 10.6. The summed E-state index contributed by atoms with van der Waals surface area (Å²) in [6.45, 7) is 5.19. The minimum atomic E-state index is -0.256. The molecule has 0 amide bonds. The molecule has 3 atom stereocenters. The van der Waals surface area contributed by atoms with Gasteiger partial charge in [-0.3, -0.25) is 4.79 Å². The first-order chi connectivity index (χ1) is 8.56. The monoisotopic (exact) mass is 257 g/mol. The van der Waals surface area contributed by atoms with Gasteiger partial charge in [0.1, 0.15) is 6.04 Å². The number of likely N-dealkylation sites (N-methyl/N-ethyl adjacent to an activating group) is 1. The van der Waals surface area contributed by atoms with Crippen LogP contribution in [0, 0.1) is 11.8 Å². The van der Waals surface area contributed by atoms with E-state index in [0.29, 0.717) is 19.1 Å². The number of ether oxygens (including phenoxy) is 2. The molecule has 0 heterocycles. The predicted octanol–water partition coefficient (Wildman–Crippen LogP) is 1.98. The van der Waals surface area contributed by atoms with Crippen molar-refractivity contribution >= 4 is 5.97 Å². The molecule has 3 unspecified atom stereocenters. The van der Waals surface area contributed by atoms with Crippen molar-refractivity contribution in [3.05, 3.63) is 0 Å². The molecule has 0 aliphatic heterocycles. The van der Waals surface area contributed by atoms with Gasteiger partial charge in [-0.2, -0.15) is 0 Å². The second-order valence-corrected chi connectivity index (χ2v) is 5.56. The summed E-state index contributed by atoms with van der Waals surface area (Å²) in [4.78, 5) is 11.4. The van der Waals surface area contributed by atoms with Crippen molar-refractivity contribution in [2.24, 2.45) is 11.8 Å². The third-order valence-electron chi connectivity index (χ3n) is 3.73. The molecule has 1 saturated carbocycles. The Kier molecular flexibility index (Phi) is 6.65. The molecule has 0 aromatic rings. The molecule has 0 saturated heterocycles. The second-order valence-electron chi connectivity index (χ2n) is 5.56. The first-order valence-corrected chi connectivity index (χ1v) is 6.93. The Labute approximate surface area is 110 Å². The summed E-state index contributed by atoms with van der Waals surface area (Å²) in [5, 5.41) is 2.95. The smallest absolute Gasteiger partial charge is 0.322 e. The summed E-state index contributed by atoms with van der Waals surface area (Å²) in [5.41, 5.74) is 0. The second kappa shape index (κ2) is 7.74. The molecule has 0 radical (unpaired) electrons. The number of carbonyl (C=O) groups excluding carboxylic acids is 1. The van der Waals surface area contributed by atoms with Crippen LogP contribution in [-0.4, -0.2) is 38.9 Å². The maximum atomic E-state index is 11.4. The first kappa shape index (κ1) is 15.4. The molecular formula is C14H27NO3. The standard InChI is InChI=1S/C14H27NO3/c1-10-7-11(2)9-12(8-10)18-6-5-13(15-3)14(16)17-4/h10-13,15H,5-9H2,1-4H3. The molecular weight excluding hydrogens is 230 g/mol. The molecule has 0 aromatic heterocycles. The van der Waals surface area contributed by atoms with E-state index in [4.69, 9.17) is 9.47 Å². The highest BCUT2D eigenvalue weighted by molar-refractivity contribution is 5.75. The lowest BCUT2D eigenvalue weighted by Gasteiger charge is -2.31. The molecule has 4 heteroatoms. The fourth-order valence-electron chi connectivity index (χ4n) is 2.88. The lowest BCUT2D eigenvalue weighted by molar-refractivity contribution is -0.143. The van der Waals surface area contributed by atoms with Crippen molar-refractivity contribution in [2.75, 3.05) is 20.8 Å². The number of hydrogen-bond acceptors (Lipinski definition) is 4. The largest absolute Gasteiger partial charge is 0.468 e. The van der Waals surface area contributed by atoms with Crippen LogP contribution in [0.4, 0.5) is 0 Å². The van der Waals surface area contributed by atoms with Crippen molar-refractivity contribution in [3.63, 3.8) is 0 Å². The number of carbonyl (C=O) groups is 1. The summed E-state index contributed by atoms with van der Waals surface area (Å²) in [5.74, 6) is 1.28. The molecule has 1 fully saturated rings. The van der Waals surface area contributed by atoms with Crippen molar-refractivity contribution in [3.8, 4) is 0 Å². The molecule has 1 N–H and O–H groups in total. The van der Waals surface area contributed by atoms with Crippen LogP contribution in [0.1, 0.15) is 39.5 Å². The maximum Gasteiger partial charge on any atom is 0.322 e. The molecule has 4 nitrogen and oxygen atoms in total. The summed E-state index contributed by atoms with van der Waals surface area (Å²) >= 11 is 0. The van der Waals surface area contributed by atoms with Gasteiger partial charge >= 0.3 is 5.97 Å². The third kappa shape index (κ3) is 4.94. The molecule has 0 spiro atoms. The van der Waals surface area contributed by atoms with Crippen LogP contribution in [-0.2, 0) is 14.3 Å². The third-order valence-corrected chi connectivity index (χ3v) is 3.73. The highest BCUT2D eigenvalue weighted by Gasteiger charge is 2.25. The van der Waals surface area contributed by atoms with E-state index in [1.54, 1.807) is 7.05 Å². The number of esters is 1. The summed E-state index contributed by atoms with van der Waals surface area (Å²) in [7, 11) is 3.18. The van der Waals surface area contributed by atoms with E-state index in [1.165, 1.54) is 13.5 Å². The van der Waals surface area contributed by atoms with Gasteiger partial charge in [-0.05, 0) is 44.6 Å². The van der Waals surface area contributed by atoms with Gasteiger partial charge in [0.15, 0.2) is 0 Å². The Morgan fingerprint density at radius 3 is 2.39 bits per heavy atom. The van der Waals surface area contributed by atoms with Crippen LogP contribution in [0.3, 0.4) is 0 Å². The zero-order valence-electron chi connectivity index (χ0n) is 12.1. The molecule has 0 aromatic carbocycles. The van der Waals surface area contributed by atoms with Gasteiger partial charge in [-0.25, -0.2) is 0 Å². The molecule has 0 bridgehead atoms. The van der Waals surface area contributed by atoms with Gasteiger partial charge in [0.2, 0.25) is 0 Å². The molecule has 1 rings (SSSR count). The Hall–Kier alpha value is -0.610. The van der Waals surface area contributed by atoms with Crippen LogP contribution >= 0.6 is 0 Å². The van der Waals surface area contributed by atoms with Gasteiger partial charge in [0.05, 0.1) is 13.2 Å². The van der Waals surface area contributed by atoms with Crippen LogP contribution in [0.25, 0.3) is 0 Å². The zero-order valence-corrected chi connectivity index (χ0v) is 12.1. The highest BCUT2D eigenvalue weighted by Crippen LogP contribution is 2.30. The SMILES string of the molecule is CNC(CCOC1CC(C)CC(C)C1)C(=O)OC. The van der Waals surface area contributed by atoms with E-state index in [0.717, 1.165) is 24.7 Å². The Balaban J connectivity index is 2.25. The quantitative estimate of drug-likeness (QED) is 0.739. The van der Waals surface area contributed by atoms with Crippen LogP contribution in [0.5, 0.6) is 0 Å². The van der Waals surface area contributed by atoms with Crippen molar-refractivity contribution < 1.29 is 14.3 Å².